The lowest BCUT2D eigenvalue weighted by Gasteiger charge is -2.20. The van der Waals surface area contributed by atoms with Crippen molar-refractivity contribution in [3.8, 4) is 16.9 Å². The zero-order valence-electron chi connectivity index (χ0n) is 15.8. The number of rotatable bonds is 6. The van der Waals surface area contributed by atoms with E-state index in [1.807, 2.05) is 30.5 Å². The van der Waals surface area contributed by atoms with Gasteiger partial charge < -0.3 is 4.74 Å². The lowest BCUT2D eigenvalue weighted by atomic mass is 10.1. The van der Waals surface area contributed by atoms with Gasteiger partial charge in [-0.2, -0.15) is 5.10 Å². The molecule has 0 spiro atoms. The van der Waals surface area contributed by atoms with Crippen LogP contribution < -0.4 is 0 Å². The fourth-order valence-electron chi connectivity index (χ4n) is 3.62. The van der Waals surface area contributed by atoms with Crippen molar-refractivity contribution in [3.63, 3.8) is 0 Å². The van der Waals surface area contributed by atoms with Gasteiger partial charge in [0, 0.05) is 37.0 Å². The Kier molecular flexibility index (Phi) is 5.76. The topological polar surface area (TPSA) is 30.3 Å². The van der Waals surface area contributed by atoms with Gasteiger partial charge in [0.05, 0.1) is 22.5 Å². The average molecular weight is 400 g/mol. The molecular formula is C22H23ClFN3O. The number of hydrogen-bond acceptors (Lipinski definition) is 3. The van der Waals surface area contributed by atoms with E-state index in [0.717, 1.165) is 55.0 Å². The minimum Gasteiger partial charge on any atom is -0.377 e. The molecule has 0 amide bonds. The third-order valence-electron chi connectivity index (χ3n) is 4.99. The first-order valence-corrected chi connectivity index (χ1v) is 9.87. The maximum absolute atomic E-state index is 13.3. The van der Waals surface area contributed by atoms with Gasteiger partial charge in [-0.1, -0.05) is 29.8 Å². The molecule has 2 aromatic carbocycles. The van der Waals surface area contributed by atoms with Gasteiger partial charge in [0.25, 0.3) is 0 Å². The van der Waals surface area contributed by atoms with E-state index >= 15 is 0 Å². The van der Waals surface area contributed by atoms with Crippen LogP contribution in [0.15, 0.2) is 54.7 Å². The van der Waals surface area contributed by atoms with Crippen molar-refractivity contribution in [2.75, 3.05) is 20.2 Å². The van der Waals surface area contributed by atoms with Gasteiger partial charge >= 0.3 is 0 Å². The van der Waals surface area contributed by atoms with Gasteiger partial charge in [-0.15, -0.1) is 0 Å². The van der Waals surface area contributed by atoms with E-state index in [0.29, 0.717) is 11.1 Å². The van der Waals surface area contributed by atoms with Crippen LogP contribution in [0.1, 0.15) is 18.4 Å². The van der Waals surface area contributed by atoms with Crippen LogP contribution >= 0.6 is 11.6 Å². The summed E-state index contributed by atoms with van der Waals surface area (Å²) < 4.78 is 20.9. The Hall–Kier alpha value is -2.21. The number of halogens is 2. The molecule has 6 heteroatoms. The second kappa shape index (κ2) is 8.43. The molecule has 0 saturated carbocycles. The molecule has 1 aliphatic rings. The summed E-state index contributed by atoms with van der Waals surface area (Å²) in [5.74, 6) is -0.265. The smallest absolute Gasteiger partial charge is 0.123 e. The molecule has 1 aliphatic heterocycles. The summed E-state index contributed by atoms with van der Waals surface area (Å²) in [6.45, 7) is 2.46. The zero-order valence-corrected chi connectivity index (χ0v) is 16.6. The van der Waals surface area contributed by atoms with Crippen molar-refractivity contribution < 1.29 is 9.13 Å². The quantitative estimate of drug-likeness (QED) is 0.588. The molecule has 1 fully saturated rings. The molecule has 0 N–H and O–H groups in total. The summed E-state index contributed by atoms with van der Waals surface area (Å²) in [6.07, 6.45) is 4.53. The van der Waals surface area contributed by atoms with E-state index < -0.39 is 0 Å². The van der Waals surface area contributed by atoms with E-state index in [4.69, 9.17) is 21.4 Å². The zero-order chi connectivity index (χ0) is 19.5. The van der Waals surface area contributed by atoms with Gasteiger partial charge in [0.15, 0.2) is 0 Å². The van der Waals surface area contributed by atoms with E-state index in [9.17, 15) is 4.39 Å². The first-order valence-electron chi connectivity index (χ1n) is 9.49. The van der Waals surface area contributed by atoms with Gasteiger partial charge in [-0.3, -0.25) is 4.90 Å². The summed E-state index contributed by atoms with van der Waals surface area (Å²) in [5.41, 5.74) is 3.61. The van der Waals surface area contributed by atoms with Gasteiger partial charge in [-0.25, -0.2) is 9.07 Å². The van der Waals surface area contributed by atoms with Gasteiger partial charge in [-0.05, 0) is 50.2 Å². The highest BCUT2D eigenvalue weighted by Gasteiger charge is 2.20. The number of nitrogens with zero attached hydrogens (tertiary/aromatic N) is 3. The molecule has 28 heavy (non-hydrogen) atoms. The van der Waals surface area contributed by atoms with Crippen LogP contribution in [0, 0.1) is 5.82 Å². The Morgan fingerprint density at radius 2 is 2.00 bits per heavy atom. The molecule has 3 aromatic rings. The fraction of sp³-hybridized carbons (Fsp3) is 0.318. The molecule has 0 radical (unpaired) electrons. The monoisotopic (exact) mass is 399 g/mol. The third-order valence-corrected chi connectivity index (χ3v) is 5.32. The van der Waals surface area contributed by atoms with Crippen molar-refractivity contribution in [3.05, 3.63) is 71.1 Å². The number of aromatic nitrogens is 2. The molecule has 4 nitrogen and oxygen atoms in total. The first-order chi connectivity index (χ1) is 13.6. The van der Waals surface area contributed by atoms with Crippen molar-refractivity contribution in [1.82, 2.24) is 14.7 Å². The predicted molar refractivity (Wildman–Crippen MR) is 109 cm³/mol. The SMILES string of the molecule is CN(Cc1cn(-c2ccc(F)cc2)nc1-c1ccccc1Cl)C[C@@H]1CCCO1. The normalized spacial score (nSPS) is 16.8. The molecule has 0 bridgehead atoms. The molecule has 146 valence electrons. The Morgan fingerprint density at radius 3 is 2.71 bits per heavy atom. The van der Waals surface area contributed by atoms with Crippen LogP contribution in [-0.4, -0.2) is 41.0 Å². The molecule has 4 rings (SSSR count). The molecular weight excluding hydrogens is 377 g/mol. The van der Waals surface area contributed by atoms with E-state index in [1.54, 1.807) is 16.8 Å². The highest BCUT2D eigenvalue weighted by Crippen LogP contribution is 2.30. The molecule has 1 saturated heterocycles. The molecule has 1 atom stereocenters. The molecule has 2 heterocycles. The number of ether oxygens (including phenoxy) is 1. The summed E-state index contributed by atoms with van der Waals surface area (Å²) >= 11 is 6.45. The maximum Gasteiger partial charge on any atom is 0.123 e. The summed E-state index contributed by atoms with van der Waals surface area (Å²) in [6, 6.07) is 14.0. The minimum atomic E-state index is -0.265. The Morgan fingerprint density at radius 1 is 1.21 bits per heavy atom. The lowest BCUT2D eigenvalue weighted by Crippen LogP contribution is -2.28. The van der Waals surface area contributed by atoms with E-state index in [1.165, 1.54) is 12.1 Å². The highest BCUT2D eigenvalue weighted by atomic mass is 35.5. The number of hydrogen-bond donors (Lipinski definition) is 0. The maximum atomic E-state index is 13.3. The third kappa shape index (κ3) is 4.27. The summed E-state index contributed by atoms with van der Waals surface area (Å²) in [5, 5.41) is 5.44. The molecule has 0 unspecified atom stereocenters. The Balaban J connectivity index is 1.66. The average Bonchev–Trinajstić information content (AvgIpc) is 3.33. The van der Waals surface area contributed by atoms with Crippen LogP contribution in [0.2, 0.25) is 5.02 Å². The molecule has 1 aromatic heterocycles. The van der Waals surface area contributed by atoms with Crippen LogP contribution in [0.4, 0.5) is 4.39 Å². The number of benzene rings is 2. The minimum absolute atomic E-state index is 0.265. The van der Waals surface area contributed by atoms with Crippen LogP contribution in [0.5, 0.6) is 0 Å². The second-order valence-corrected chi connectivity index (χ2v) is 7.64. The fourth-order valence-corrected chi connectivity index (χ4v) is 3.85. The van der Waals surface area contributed by atoms with E-state index in [-0.39, 0.29) is 5.82 Å². The number of likely N-dealkylation sites (N-methyl/N-ethyl adjacent to an activating group) is 1. The summed E-state index contributed by atoms with van der Waals surface area (Å²) in [4.78, 5) is 2.25. The van der Waals surface area contributed by atoms with Gasteiger partial charge in [0.2, 0.25) is 0 Å². The van der Waals surface area contributed by atoms with Crippen molar-refractivity contribution >= 4 is 11.6 Å². The Labute approximate surface area is 169 Å². The summed E-state index contributed by atoms with van der Waals surface area (Å²) in [7, 11) is 2.09. The van der Waals surface area contributed by atoms with E-state index in [2.05, 4.69) is 11.9 Å². The lowest BCUT2D eigenvalue weighted by molar-refractivity contribution is 0.0793. The standard InChI is InChI=1S/C22H23ClFN3O/c1-26(15-19-5-4-12-28-19)13-16-14-27(18-10-8-17(24)9-11-18)25-22(16)20-6-2-3-7-21(20)23/h2-3,6-11,14,19H,4-5,12-13,15H2,1H3/t19-/m0/s1. The van der Waals surface area contributed by atoms with Crippen molar-refractivity contribution in [2.45, 2.75) is 25.5 Å². The molecule has 0 aliphatic carbocycles. The van der Waals surface area contributed by atoms with Crippen molar-refractivity contribution in [2.24, 2.45) is 0 Å². The van der Waals surface area contributed by atoms with Crippen LogP contribution in [-0.2, 0) is 11.3 Å². The predicted octanol–water partition coefficient (Wildman–Crippen LogP) is 4.94. The highest BCUT2D eigenvalue weighted by molar-refractivity contribution is 6.33. The van der Waals surface area contributed by atoms with Crippen LogP contribution in [0.3, 0.4) is 0 Å². The largest absolute Gasteiger partial charge is 0.377 e. The first kappa shape index (κ1) is 19.1. The second-order valence-electron chi connectivity index (χ2n) is 7.24. The van der Waals surface area contributed by atoms with Crippen LogP contribution in [0.25, 0.3) is 16.9 Å². The van der Waals surface area contributed by atoms with Crippen molar-refractivity contribution in [1.29, 1.82) is 0 Å². The van der Waals surface area contributed by atoms with Gasteiger partial charge in [0.1, 0.15) is 5.82 Å². The Bertz CT molecular complexity index is 935.